The first-order valence-electron chi connectivity index (χ1n) is 3.03. The first kappa shape index (κ1) is 6.15. The summed E-state index contributed by atoms with van der Waals surface area (Å²) in [6, 6.07) is 2.21. The molecule has 1 aliphatic carbocycles. The molecule has 1 saturated carbocycles. The smallest absolute Gasteiger partial charge is 0.125 e. The Labute approximate surface area is 55.2 Å². The van der Waals surface area contributed by atoms with E-state index in [9.17, 15) is 0 Å². The highest BCUT2D eigenvalue weighted by molar-refractivity contribution is 5.21. The van der Waals surface area contributed by atoms with Gasteiger partial charge in [0.25, 0.3) is 0 Å². The van der Waals surface area contributed by atoms with Crippen LogP contribution >= 0.6 is 0 Å². The minimum absolute atomic E-state index is 0.230. The molecule has 1 aliphatic rings. The van der Waals surface area contributed by atoms with Crippen molar-refractivity contribution in [2.75, 3.05) is 0 Å². The lowest BCUT2D eigenvalue weighted by Crippen LogP contribution is -2.26. The molecule has 1 fully saturated rings. The molecule has 0 amide bonds. The topological polar surface area (TPSA) is 35.8 Å². The molecule has 0 atom stereocenters. The molecule has 1 N–H and O–H groups in total. The van der Waals surface area contributed by atoms with E-state index in [1.807, 2.05) is 6.92 Å². The van der Waals surface area contributed by atoms with Gasteiger partial charge in [0, 0.05) is 5.70 Å². The van der Waals surface area contributed by atoms with Crippen molar-refractivity contribution in [1.29, 1.82) is 5.26 Å². The summed E-state index contributed by atoms with van der Waals surface area (Å²) in [6.45, 7) is 5.54. The molecule has 0 saturated heterocycles. The average molecular weight is 122 g/mol. The van der Waals surface area contributed by atoms with Gasteiger partial charge in [0.2, 0.25) is 0 Å². The molecule has 0 aromatic heterocycles. The first-order valence-corrected chi connectivity index (χ1v) is 3.03. The van der Waals surface area contributed by atoms with Crippen LogP contribution in [0.1, 0.15) is 19.8 Å². The van der Waals surface area contributed by atoms with Gasteiger partial charge in [0.05, 0.1) is 6.07 Å². The van der Waals surface area contributed by atoms with E-state index in [1.54, 1.807) is 0 Å². The van der Waals surface area contributed by atoms with Crippen LogP contribution in [0.5, 0.6) is 0 Å². The predicted molar refractivity (Wildman–Crippen MR) is 35.5 cm³/mol. The van der Waals surface area contributed by atoms with Crippen LogP contribution in [0, 0.1) is 11.3 Å². The summed E-state index contributed by atoms with van der Waals surface area (Å²) in [5.74, 6) is 0. The van der Waals surface area contributed by atoms with E-state index >= 15 is 0 Å². The van der Waals surface area contributed by atoms with Gasteiger partial charge in [-0.05, 0) is 19.8 Å². The second-order valence-electron chi connectivity index (χ2n) is 2.60. The van der Waals surface area contributed by atoms with E-state index in [4.69, 9.17) is 5.26 Å². The maximum atomic E-state index is 8.55. The standard InChI is InChI=1S/C7H10N2/c1-6(2)9-7(5-8)3-4-7/h9H,1,3-4H2,2H3. The van der Waals surface area contributed by atoms with Crippen LogP contribution < -0.4 is 5.32 Å². The zero-order valence-corrected chi connectivity index (χ0v) is 5.57. The van der Waals surface area contributed by atoms with Crippen LogP contribution in [0.2, 0.25) is 0 Å². The Morgan fingerprint density at radius 1 is 1.78 bits per heavy atom. The van der Waals surface area contributed by atoms with Gasteiger partial charge in [-0.2, -0.15) is 5.26 Å². The number of nitriles is 1. The van der Waals surface area contributed by atoms with Crippen LogP contribution in [-0.4, -0.2) is 5.54 Å². The second-order valence-corrected chi connectivity index (χ2v) is 2.60. The van der Waals surface area contributed by atoms with Gasteiger partial charge in [-0.25, -0.2) is 0 Å². The normalized spacial score (nSPS) is 20.0. The predicted octanol–water partition coefficient (Wildman–Crippen LogP) is 1.17. The van der Waals surface area contributed by atoms with Crippen molar-refractivity contribution in [2.45, 2.75) is 25.3 Å². The molecular formula is C7H10N2. The SMILES string of the molecule is C=C(C)NC1(C#N)CC1. The molecule has 0 aromatic carbocycles. The van der Waals surface area contributed by atoms with Gasteiger partial charge in [-0.3, -0.25) is 0 Å². The lowest BCUT2D eigenvalue weighted by Gasteiger charge is -2.07. The Balaban J connectivity index is 2.45. The van der Waals surface area contributed by atoms with Gasteiger partial charge in [-0.15, -0.1) is 0 Å². The molecule has 0 unspecified atom stereocenters. The fraction of sp³-hybridized carbons (Fsp3) is 0.571. The van der Waals surface area contributed by atoms with Crippen molar-refractivity contribution in [1.82, 2.24) is 5.32 Å². The summed E-state index contributed by atoms with van der Waals surface area (Å²) in [4.78, 5) is 0. The number of allylic oxidation sites excluding steroid dienone is 1. The lowest BCUT2D eigenvalue weighted by molar-refractivity contribution is 0.687. The number of nitrogens with zero attached hydrogens (tertiary/aromatic N) is 1. The summed E-state index contributed by atoms with van der Waals surface area (Å²) >= 11 is 0. The van der Waals surface area contributed by atoms with Gasteiger partial charge >= 0.3 is 0 Å². The molecule has 48 valence electrons. The third-order valence-electron chi connectivity index (χ3n) is 1.42. The van der Waals surface area contributed by atoms with E-state index in [0.717, 1.165) is 18.5 Å². The molecule has 2 heteroatoms. The zero-order chi connectivity index (χ0) is 6.91. The highest BCUT2D eigenvalue weighted by Crippen LogP contribution is 2.34. The minimum Gasteiger partial charge on any atom is -0.371 e. The van der Waals surface area contributed by atoms with E-state index in [1.165, 1.54) is 0 Å². The Kier molecular flexibility index (Phi) is 1.21. The van der Waals surface area contributed by atoms with Crippen molar-refractivity contribution in [3.8, 4) is 6.07 Å². The molecule has 0 spiro atoms. The maximum absolute atomic E-state index is 8.55. The first-order chi connectivity index (χ1) is 4.18. The number of rotatable bonds is 2. The highest BCUT2D eigenvalue weighted by atomic mass is 15.0. The summed E-state index contributed by atoms with van der Waals surface area (Å²) in [7, 11) is 0. The Morgan fingerprint density at radius 2 is 2.33 bits per heavy atom. The van der Waals surface area contributed by atoms with Crippen LogP contribution in [-0.2, 0) is 0 Å². The Morgan fingerprint density at radius 3 is 2.44 bits per heavy atom. The minimum atomic E-state index is -0.230. The largest absolute Gasteiger partial charge is 0.371 e. The summed E-state index contributed by atoms with van der Waals surface area (Å²) < 4.78 is 0. The van der Waals surface area contributed by atoms with Crippen molar-refractivity contribution in [3.05, 3.63) is 12.3 Å². The van der Waals surface area contributed by atoms with Crippen LogP contribution in [0.15, 0.2) is 12.3 Å². The molecule has 0 heterocycles. The van der Waals surface area contributed by atoms with E-state index < -0.39 is 0 Å². The average Bonchev–Trinajstić information content (AvgIpc) is 2.48. The Hall–Kier alpha value is -0.970. The quantitative estimate of drug-likeness (QED) is 0.596. The summed E-state index contributed by atoms with van der Waals surface area (Å²) in [5, 5.41) is 11.6. The van der Waals surface area contributed by atoms with Gasteiger partial charge in [-0.1, -0.05) is 6.58 Å². The molecule has 2 nitrogen and oxygen atoms in total. The van der Waals surface area contributed by atoms with Crippen molar-refractivity contribution in [3.63, 3.8) is 0 Å². The lowest BCUT2D eigenvalue weighted by atomic mass is 10.3. The van der Waals surface area contributed by atoms with Crippen molar-refractivity contribution in [2.24, 2.45) is 0 Å². The van der Waals surface area contributed by atoms with Crippen LogP contribution in [0.4, 0.5) is 0 Å². The van der Waals surface area contributed by atoms with Gasteiger partial charge in [0.1, 0.15) is 5.54 Å². The second kappa shape index (κ2) is 1.77. The highest BCUT2D eigenvalue weighted by Gasteiger charge is 2.42. The molecule has 0 aliphatic heterocycles. The number of nitrogens with one attached hydrogen (secondary N) is 1. The van der Waals surface area contributed by atoms with Crippen molar-refractivity contribution < 1.29 is 0 Å². The fourth-order valence-electron chi connectivity index (χ4n) is 0.798. The third-order valence-corrected chi connectivity index (χ3v) is 1.42. The summed E-state index contributed by atoms with van der Waals surface area (Å²) in [6.07, 6.45) is 1.94. The molecular weight excluding hydrogens is 112 g/mol. The van der Waals surface area contributed by atoms with E-state index in [-0.39, 0.29) is 5.54 Å². The fourth-order valence-corrected chi connectivity index (χ4v) is 0.798. The van der Waals surface area contributed by atoms with Crippen LogP contribution in [0.3, 0.4) is 0 Å². The van der Waals surface area contributed by atoms with Gasteiger partial charge < -0.3 is 5.32 Å². The molecule has 0 radical (unpaired) electrons. The number of hydrogen-bond donors (Lipinski definition) is 1. The van der Waals surface area contributed by atoms with Gasteiger partial charge in [0.15, 0.2) is 0 Å². The van der Waals surface area contributed by atoms with E-state index in [0.29, 0.717) is 0 Å². The third kappa shape index (κ3) is 1.23. The maximum Gasteiger partial charge on any atom is 0.125 e. The molecule has 0 bridgehead atoms. The number of hydrogen-bond acceptors (Lipinski definition) is 2. The zero-order valence-electron chi connectivity index (χ0n) is 5.57. The molecule has 1 rings (SSSR count). The Bertz CT molecular complexity index is 172. The van der Waals surface area contributed by atoms with E-state index in [2.05, 4.69) is 18.0 Å². The summed E-state index contributed by atoms with van der Waals surface area (Å²) in [5.41, 5.74) is 0.653. The van der Waals surface area contributed by atoms with Crippen molar-refractivity contribution >= 4 is 0 Å². The molecule has 0 aromatic rings. The molecule has 9 heavy (non-hydrogen) atoms. The van der Waals surface area contributed by atoms with Crippen LogP contribution in [0.25, 0.3) is 0 Å². The monoisotopic (exact) mass is 122 g/mol.